The number of likely N-dealkylation sites (N-methyl/N-ethyl adjacent to an activating group) is 1. The first-order valence-corrected chi connectivity index (χ1v) is 14.0. The number of benzene rings is 2. The SMILES string of the molecule is CCCOc1ccc([C@H]2/C(=C(\O)c3ccc4c(c3)C[C@H](C)O4)C(=O)C(=O)N2CCN(CC)CC)cc1OCC. The van der Waals surface area contributed by atoms with E-state index in [9.17, 15) is 14.7 Å². The molecule has 2 aromatic rings. The van der Waals surface area contributed by atoms with Gasteiger partial charge in [-0.05, 0) is 74.8 Å². The molecule has 0 bridgehead atoms. The monoisotopic (exact) mass is 536 g/mol. The van der Waals surface area contributed by atoms with Crippen molar-refractivity contribution in [2.24, 2.45) is 0 Å². The molecule has 2 heterocycles. The van der Waals surface area contributed by atoms with E-state index in [1.165, 1.54) is 0 Å². The number of aliphatic hydroxyl groups is 1. The Bertz CT molecular complexity index is 1240. The number of rotatable bonds is 12. The van der Waals surface area contributed by atoms with Crippen LogP contribution in [0.5, 0.6) is 17.2 Å². The number of amides is 1. The molecule has 1 amide bonds. The zero-order valence-electron chi connectivity index (χ0n) is 23.7. The van der Waals surface area contributed by atoms with E-state index >= 15 is 0 Å². The molecule has 1 saturated heterocycles. The molecule has 1 fully saturated rings. The van der Waals surface area contributed by atoms with Crippen molar-refractivity contribution in [2.45, 2.75) is 59.6 Å². The minimum atomic E-state index is -0.761. The fourth-order valence-electron chi connectivity index (χ4n) is 5.27. The second-order valence-electron chi connectivity index (χ2n) is 9.96. The Labute approximate surface area is 231 Å². The number of likely N-dealkylation sites (tertiary alicyclic amines) is 1. The second kappa shape index (κ2) is 12.6. The van der Waals surface area contributed by atoms with Gasteiger partial charge >= 0.3 is 0 Å². The molecule has 0 aromatic heterocycles. The highest BCUT2D eigenvalue weighted by Gasteiger charge is 2.46. The van der Waals surface area contributed by atoms with Gasteiger partial charge in [-0.15, -0.1) is 0 Å². The smallest absolute Gasteiger partial charge is 0.295 e. The van der Waals surface area contributed by atoms with Gasteiger partial charge in [-0.1, -0.05) is 26.8 Å². The maximum Gasteiger partial charge on any atom is 0.295 e. The highest BCUT2D eigenvalue weighted by molar-refractivity contribution is 6.46. The van der Waals surface area contributed by atoms with Crippen LogP contribution in [0.4, 0.5) is 0 Å². The zero-order valence-corrected chi connectivity index (χ0v) is 23.7. The molecular formula is C31H40N2O6. The van der Waals surface area contributed by atoms with Gasteiger partial charge in [0.1, 0.15) is 17.6 Å². The van der Waals surface area contributed by atoms with Crippen LogP contribution in [0.2, 0.25) is 0 Å². The first-order chi connectivity index (χ1) is 18.8. The molecule has 8 nitrogen and oxygen atoms in total. The van der Waals surface area contributed by atoms with Gasteiger partial charge in [0.15, 0.2) is 11.5 Å². The third-order valence-corrected chi connectivity index (χ3v) is 7.31. The van der Waals surface area contributed by atoms with Gasteiger partial charge in [0.2, 0.25) is 0 Å². The number of nitrogens with zero attached hydrogens (tertiary/aromatic N) is 2. The number of carbonyl (C=O) groups excluding carboxylic acids is 2. The van der Waals surface area contributed by atoms with Crippen molar-refractivity contribution in [3.63, 3.8) is 0 Å². The number of aliphatic hydroxyl groups excluding tert-OH is 1. The van der Waals surface area contributed by atoms with Crippen molar-refractivity contribution >= 4 is 17.4 Å². The highest BCUT2D eigenvalue weighted by Crippen LogP contribution is 2.42. The Kier molecular flexibility index (Phi) is 9.17. The molecule has 210 valence electrons. The maximum absolute atomic E-state index is 13.5. The lowest BCUT2D eigenvalue weighted by molar-refractivity contribution is -0.140. The average Bonchev–Trinajstić information content (AvgIpc) is 3.43. The summed E-state index contributed by atoms with van der Waals surface area (Å²) in [7, 11) is 0. The fourth-order valence-corrected chi connectivity index (χ4v) is 5.27. The van der Waals surface area contributed by atoms with Gasteiger partial charge in [0.05, 0.1) is 24.8 Å². The zero-order chi connectivity index (χ0) is 28.1. The van der Waals surface area contributed by atoms with Crippen molar-refractivity contribution in [2.75, 3.05) is 39.4 Å². The molecule has 2 atom stereocenters. The topological polar surface area (TPSA) is 88.5 Å². The third kappa shape index (κ3) is 5.91. The summed E-state index contributed by atoms with van der Waals surface area (Å²) in [6.45, 7) is 13.7. The molecule has 0 saturated carbocycles. The minimum absolute atomic E-state index is 0.0495. The van der Waals surface area contributed by atoms with E-state index < -0.39 is 17.7 Å². The van der Waals surface area contributed by atoms with Crippen LogP contribution in [0, 0.1) is 0 Å². The first-order valence-electron chi connectivity index (χ1n) is 14.0. The van der Waals surface area contributed by atoms with Crippen LogP contribution in [0.25, 0.3) is 5.76 Å². The van der Waals surface area contributed by atoms with E-state index in [0.29, 0.717) is 48.9 Å². The molecule has 39 heavy (non-hydrogen) atoms. The van der Waals surface area contributed by atoms with Crippen LogP contribution in [-0.2, 0) is 16.0 Å². The van der Waals surface area contributed by atoms with Gasteiger partial charge in [0.25, 0.3) is 11.7 Å². The van der Waals surface area contributed by atoms with Crippen LogP contribution in [0.3, 0.4) is 0 Å². The first kappa shape index (κ1) is 28.5. The Balaban J connectivity index is 1.81. The lowest BCUT2D eigenvalue weighted by atomic mass is 9.94. The van der Waals surface area contributed by atoms with E-state index in [1.807, 2.05) is 51.1 Å². The molecule has 2 aliphatic rings. The summed E-state index contributed by atoms with van der Waals surface area (Å²) >= 11 is 0. The molecule has 4 rings (SSSR count). The summed E-state index contributed by atoms with van der Waals surface area (Å²) in [6, 6.07) is 10.1. The van der Waals surface area contributed by atoms with Crippen LogP contribution in [0.15, 0.2) is 42.0 Å². The Hall–Kier alpha value is -3.52. The number of hydrogen-bond donors (Lipinski definition) is 1. The van der Waals surface area contributed by atoms with Gasteiger partial charge in [-0.3, -0.25) is 9.59 Å². The Morgan fingerprint density at radius 2 is 1.82 bits per heavy atom. The van der Waals surface area contributed by atoms with E-state index in [4.69, 9.17) is 14.2 Å². The average molecular weight is 537 g/mol. The molecule has 8 heteroatoms. The van der Waals surface area contributed by atoms with Crippen molar-refractivity contribution in [1.82, 2.24) is 9.80 Å². The summed E-state index contributed by atoms with van der Waals surface area (Å²) in [5.41, 5.74) is 2.22. The molecule has 2 aromatic carbocycles. The van der Waals surface area contributed by atoms with E-state index in [0.717, 1.165) is 37.2 Å². The molecule has 1 N–H and O–H groups in total. The van der Waals surface area contributed by atoms with Crippen molar-refractivity contribution in [3.8, 4) is 17.2 Å². The summed E-state index contributed by atoms with van der Waals surface area (Å²) in [4.78, 5) is 30.7. The van der Waals surface area contributed by atoms with Crippen molar-refractivity contribution < 1.29 is 28.9 Å². The number of Topliss-reactive ketones (excluding diaryl/α,β-unsaturated/α-hetero) is 1. The Morgan fingerprint density at radius 3 is 2.51 bits per heavy atom. The second-order valence-corrected chi connectivity index (χ2v) is 9.96. The maximum atomic E-state index is 13.5. The van der Waals surface area contributed by atoms with Gasteiger partial charge < -0.3 is 29.1 Å². The Morgan fingerprint density at radius 1 is 1.05 bits per heavy atom. The lowest BCUT2D eigenvalue weighted by Crippen LogP contribution is -2.38. The number of ether oxygens (including phenoxy) is 3. The van der Waals surface area contributed by atoms with E-state index in [1.54, 1.807) is 11.0 Å². The quantitative estimate of drug-likeness (QED) is 0.233. The predicted molar refractivity (Wildman–Crippen MR) is 150 cm³/mol. The van der Waals surface area contributed by atoms with Crippen LogP contribution in [-0.4, -0.2) is 72.1 Å². The number of fused-ring (bicyclic) bond motifs is 1. The highest BCUT2D eigenvalue weighted by atomic mass is 16.5. The van der Waals surface area contributed by atoms with E-state index in [-0.39, 0.29) is 17.4 Å². The van der Waals surface area contributed by atoms with Gasteiger partial charge in [0, 0.05) is 25.1 Å². The molecule has 0 unspecified atom stereocenters. The largest absolute Gasteiger partial charge is 0.507 e. The molecule has 2 aliphatic heterocycles. The summed E-state index contributed by atoms with van der Waals surface area (Å²) in [5, 5.41) is 11.5. The standard InChI is InChI=1S/C31H40N2O6/c1-6-16-38-25-13-10-21(19-26(25)37-9-4)28-27(30(35)31(36)33(28)15-14-32(7-2)8-3)29(34)22-11-12-24-23(18-22)17-20(5)39-24/h10-13,18-20,28,34H,6-9,14-17H2,1-5H3/b29-27+/t20-,28-/m0/s1. The van der Waals surface area contributed by atoms with Crippen LogP contribution < -0.4 is 14.2 Å². The summed E-state index contributed by atoms with van der Waals surface area (Å²) < 4.78 is 17.6. The van der Waals surface area contributed by atoms with Crippen molar-refractivity contribution in [3.05, 3.63) is 58.7 Å². The minimum Gasteiger partial charge on any atom is -0.507 e. The van der Waals surface area contributed by atoms with Crippen LogP contribution >= 0.6 is 0 Å². The third-order valence-electron chi connectivity index (χ3n) is 7.31. The molecular weight excluding hydrogens is 496 g/mol. The molecule has 0 aliphatic carbocycles. The molecule has 0 radical (unpaired) electrons. The van der Waals surface area contributed by atoms with Gasteiger partial charge in [-0.2, -0.15) is 0 Å². The molecule has 0 spiro atoms. The summed E-state index contributed by atoms with van der Waals surface area (Å²) in [5.74, 6) is 0.439. The normalized spacial score (nSPS) is 19.9. The lowest BCUT2D eigenvalue weighted by Gasteiger charge is -2.28. The predicted octanol–water partition coefficient (Wildman–Crippen LogP) is 4.96. The van der Waals surface area contributed by atoms with Crippen molar-refractivity contribution in [1.29, 1.82) is 0 Å². The summed E-state index contributed by atoms with van der Waals surface area (Å²) in [6.07, 6.45) is 1.62. The van der Waals surface area contributed by atoms with E-state index in [2.05, 4.69) is 18.7 Å². The van der Waals surface area contributed by atoms with Crippen LogP contribution in [0.1, 0.15) is 63.8 Å². The number of carbonyl (C=O) groups is 2. The number of ketones is 1. The number of hydrogen-bond acceptors (Lipinski definition) is 7. The van der Waals surface area contributed by atoms with Gasteiger partial charge in [-0.25, -0.2) is 0 Å². The fraction of sp³-hybridized carbons (Fsp3) is 0.484.